The van der Waals surface area contributed by atoms with Crippen LogP contribution in [0, 0.1) is 5.92 Å². The molecule has 0 aliphatic carbocycles. The van der Waals surface area contributed by atoms with Gasteiger partial charge >= 0.3 is 0 Å². The molecule has 0 unspecified atom stereocenters. The average molecular weight is 470 g/mol. The van der Waals surface area contributed by atoms with Gasteiger partial charge in [0.25, 0.3) is 0 Å². The van der Waals surface area contributed by atoms with E-state index < -0.39 is 0 Å². The van der Waals surface area contributed by atoms with Crippen molar-refractivity contribution in [3.8, 4) is 5.75 Å². The minimum Gasteiger partial charge on any atom is -0.497 e. The minimum atomic E-state index is 0.138. The number of benzene rings is 1. The van der Waals surface area contributed by atoms with E-state index in [-0.39, 0.29) is 11.8 Å². The number of piperidine rings is 1. The fourth-order valence-corrected chi connectivity index (χ4v) is 4.47. The molecule has 0 saturated carbocycles. The summed E-state index contributed by atoms with van der Waals surface area (Å²) >= 11 is 0. The fourth-order valence-electron chi connectivity index (χ4n) is 4.47. The highest BCUT2D eigenvalue weighted by molar-refractivity contribution is 5.79. The molecule has 0 spiro atoms. The predicted octanol–water partition coefficient (Wildman–Crippen LogP) is 2.16. The van der Waals surface area contributed by atoms with Crippen molar-refractivity contribution in [1.82, 2.24) is 24.8 Å². The van der Waals surface area contributed by atoms with Gasteiger partial charge in [0, 0.05) is 52.1 Å². The first-order valence-electron chi connectivity index (χ1n) is 12.2. The van der Waals surface area contributed by atoms with E-state index in [2.05, 4.69) is 22.0 Å². The summed E-state index contributed by atoms with van der Waals surface area (Å²) in [6, 6.07) is 7.62. The second kappa shape index (κ2) is 11.5. The first kappa shape index (κ1) is 24.2. The molecule has 3 heterocycles. The number of aryl methyl sites for hydroxylation is 1. The van der Waals surface area contributed by atoms with Crippen molar-refractivity contribution in [2.75, 3.05) is 46.4 Å². The predicted molar refractivity (Wildman–Crippen MR) is 126 cm³/mol. The third-order valence-corrected chi connectivity index (χ3v) is 6.80. The van der Waals surface area contributed by atoms with E-state index in [1.165, 1.54) is 0 Å². The second-order valence-corrected chi connectivity index (χ2v) is 9.35. The topological polar surface area (TPSA) is 92.0 Å². The molecule has 1 aromatic heterocycles. The summed E-state index contributed by atoms with van der Waals surface area (Å²) in [5.74, 6) is 2.95. The lowest BCUT2D eigenvalue weighted by Gasteiger charge is -2.34. The molecule has 2 saturated heterocycles. The number of ether oxygens (including phenoxy) is 1. The van der Waals surface area contributed by atoms with Gasteiger partial charge in [0.1, 0.15) is 5.75 Å². The molecule has 0 radical (unpaired) electrons. The Bertz CT molecular complexity index is 944. The Morgan fingerprint density at radius 3 is 2.35 bits per heavy atom. The molecule has 2 aromatic rings. The summed E-state index contributed by atoms with van der Waals surface area (Å²) in [5.41, 5.74) is 0.987. The lowest BCUT2D eigenvalue weighted by molar-refractivity contribution is -0.133. The Balaban J connectivity index is 1.17. The van der Waals surface area contributed by atoms with Gasteiger partial charge in [-0.05, 0) is 36.5 Å². The molecule has 4 rings (SSSR count). The molecule has 0 bridgehead atoms. The van der Waals surface area contributed by atoms with Crippen molar-refractivity contribution < 1.29 is 18.8 Å². The molecular weight excluding hydrogens is 434 g/mol. The van der Waals surface area contributed by atoms with E-state index in [1.54, 1.807) is 7.11 Å². The van der Waals surface area contributed by atoms with Gasteiger partial charge in [-0.3, -0.25) is 14.5 Å². The molecule has 9 heteroatoms. The number of nitrogens with zero attached hydrogens (tertiary/aromatic N) is 5. The molecule has 184 valence electrons. The zero-order chi connectivity index (χ0) is 23.9. The van der Waals surface area contributed by atoms with E-state index in [0.29, 0.717) is 56.5 Å². The zero-order valence-electron chi connectivity index (χ0n) is 20.2. The number of carbonyl (C=O) groups is 2. The van der Waals surface area contributed by atoms with Crippen LogP contribution in [-0.4, -0.2) is 83.0 Å². The third kappa shape index (κ3) is 6.56. The number of likely N-dealkylation sites (tertiary alicyclic amines) is 1. The van der Waals surface area contributed by atoms with E-state index in [9.17, 15) is 9.59 Å². The lowest BCUT2D eigenvalue weighted by Crippen LogP contribution is -2.48. The molecule has 1 aromatic carbocycles. The van der Waals surface area contributed by atoms with Crippen LogP contribution >= 0.6 is 0 Å². The van der Waals surface area contributed by atoms with Gasteiger partial charge in [0.2, 0.25) is 17.7 Å². The summed E-state index contributed by atoms with van der Waals surface area (Å²) in [7, 11) is 1.63. The van der Waals surface area contributed by atoms with E-state index in [1.807, 2.05) is 34.1 Å². The number of rotatable bonds is 8. The summed E-state index contributed by atoms with van der Waals surface area (Å²) in [5, 5.41) is 4.09. The second-order valence-electron chi connectivity index (χ2n) is 9.35. The smallest absolute Gasteiger partial charge is 0.227 e. The summed E-state index contributed by atoms with van der Waals surface area (Å²) in [6.45, 7) is 7.43. The highest BCUT2D eigenvalue weighted by Crippen LogP contribution is 2.17. The maximum atomic E-state index is 12.7. The Morgan fingerprint density at radius 1 is 1.00 bits per heavy atom. The Hall–Kier alpha value is -2.94. The first-order valence-corrected chi connectivity index (χ1v) is 12.2. The van der Waals surface area contributed by atoms with Crippen LogP contribution in [0.4, 0.5) is 0 Å². The van der Waals surface area contributed by atoms with Gasteiger partial charge in [-0.25, -0.2) is 0 Å². The minimum absolute atomic E-state index is 0.138. The summed E-state index contributed by atoms with van der Waals surface area (Å²) in [6.07, 6.45) is 3.44. The normalized spacial score (nSPS) is 17.7. The molecule has 9 nitrogen and oxygen atoms in total. The van der Waals surface area contributed by atoms with Crippen LogP contribution in [0.1, 0.15) is 43.5 Å². The summed E-state index contributed by atoms with van der Waals surface area (Å²) in [4.78, 5) is 35.6. The van der Waals surface area contributed by atoms with Crippen molar-refractivity contribution >= 4 is 11.8 Å². The lowest BCUT2D eigenvalue weighted by atomic mass is 9.99. The number of piperazine rings is 1. The van der Waals surface area contributed by atoms with Crippen molar-refractivity contribution in [2.45, 2.75) is 45.6 Å². The molecule has 2 amide bonds. The van der Waals surface area contributed by atoms with E-state index in [4.69, 9.17) is 9.26 Å². The average Bonchev–Trinajstić information content (AvgIpc) is 3.31. The van der Waals surface area contributed by atoms with Gasteiger partial charge in [0.05, 0.1) is 20.1 Å². The Labute approximate surface area is 201 Å². The van der Waals surface area contributed by atoms with Gasteiger partial charge < -0.3 is 19.1 Å². The van der Waals surface area contributed by atoms with Crippen LogP contribution in [0.25, 0.3) is 0 Å². The van der Waals surface area contributed by atoms with Crippen LogP contribution in [0.5, 0.6) is 5.75 Å². The Morgan fingerprint density at radius 2 is 1.68 bits per heavy atom. The van der Waals surface area contributed by atoms with Gasteiger partial charge in [0.15, 0.2) is 5.82 Å². The highest BCUT2D eigenvalue weighted by atomic mass is 16.5. The van der Waals surface area contributed by atoms with Gasteiger partial charge in [-0.15, -0.1) is 0 Å². The van der Waals surface area contributed by atoms with Crippen LogP contribution in [0.2, 0.25) is 0 Å². The number of methoxy groups -OCH3 is 1. The number of aromatic nitrogens is 2. The number of hydrogen-bond donors (Lipinski definition) is 0. The van der Waals surface area contributed by atoms with Gasteiger partial charge in [-0.1, -0.05) is 24.2 Å². The molecule has 34 heavy (non-hydrogen) atoms. The van der Waals surface area contributed by atoms with Crippen LogP contribution in [-0.2, 0) is 29.0 Å². The van der Waals surface area contributed by atoms with Crippen molar-refractivity contribution in [3.63, 3.8) is 0 Å². The van der Waals surface area contributed by atoms with Crippen LogP contribution in [0.3, 0.4) is 0 Å². The monoisotopic (exact) mass is 469 g/mol. The quantitative estimate of drug-likeness (QED) is 0.585. The van der Waals surface area contributed by atoms with Gasteiger partial charge in [-0.2, -0.15) is 4.98 Å². The standard InChI is InChI=1S/C25H35N5O4/c1-19-9-11-29(12-10-19)24(31)8-7-23-26-22(27-34-23)18-28-13-15-30(16-14-28)25(32)17-20-3-5-21(33-2)6-4-20/h3-6,19H,7-18H2,1-2H3. The molecule has 0 atom stereocenters. The molecule has 2 fully saturated rings. The van der Waals surface area contributed by atoms with Crippen LogP contribution < -0.4 is 4.74 Å². The third-order valence-electron chi connectivity index (χ3n) is 6.80. The van der Waals surface area contributed by atoms with Crippen LogP contribution in [0.15, 0.2) is 28.8 Å². The number of amides is 2. The first-order chi connectivity index (χ1) is 16.5. The molecule has 2 aliphatic rings. The largest absolute Gasteiger partial charge is 0.497 e. The SMILES string of the molecule is COc1ccc(CC(=O)N2CCN(Cc3noc(CCC(=O)N4CCC(C)CC4)n3)CC2)cc1. The van der Waals surface area contributed by atoms with E-state index in [0.717, 1.165) is 50.3 Å². The zero-order valence-corrected chi connectivity index (χ0v) is 20.2. The fraction of sp³-hybridized carbons (Fsp3) is 0.600. The van der Waals surface area contributed by atoms with Crippen molar-refractivity contribution in [1.29, 1.82) is 0 Å². The number of hydrogen-bond acceptors (Lipinski definition) is 7. The maximum absolute atomic E-state index is 12.7. The number of carbonyl (C=O) groups excluding carboxylic acids is 2. The van der Waals surface area contributed by atoms with E-state index >= 15 is 0 Å². The summed E-state index contributed by atoms with van der Waals surface area (Å²) < 4.78 is 10.5. The maximum Gasteiger partial charge on any atom is 0.227 e. The van der Waals surface area contributed by atoms with Crippen molar-refractivity contribution in [3.05, 3.63) is 41.5 Å². The Kier molecular flexibility index (Phi) is 8.16. The molecule has 2 aliphatic heterocycles. The van der Waals surface area contributed by atoms with Crippen molar-refractivity contribution in [2.24, 2.45) is 5.92 Å². The highest BCUT2D eigenvalue weighted by Gasteiger charge is 2.23. The molecular formula is C25H35N5O4. The molecule has 0 N–H and O–H groups in total.